The number of piperidine rings is 1. The van der Waals surface area contributed by atoms with E-state index < -0.39 is 11.9 Å². The van der Waals surface area contributed by atoms with Crippen molar-refractivity contribution in [2.45, 2.75) is 44.7 Å². The topological polar surface area (TPSA) is 92.8 Å². The Bertz CT molecular complexity index is 715. The summed E-state index contributed by atoms with van der Waals surface area (Å²) in [7, 11) is 0. The zero-order valence-corrected chi connectivity index (χ0v) is 13.8. The molecule has 1 fully saturated rings. The lowest BCUT2D eigenvalue weighted by atomic mass is 10.0. The van der Waals surface area contributed by atoms with Crippen molar-refractivity contribution in [3.63, 3.8) is 0 Å². The standard InChI is InChI=1S/C18H20N2O5/c21-9-2-1-3-10-25-15-6-4-5-12-13(15)11-20(18(12)24)14-7-8-16(22)19-17(14)23/h4-6,9,14H,1-3,7-8,10-11H2,(H,19,22,23). The summed E-state index contributed by atoms with van der Waals surface area (Å²) in [6.45, 7) is 0.766. The van der Waals surface area contributed by atoms with E-state index in [1.807, 2.05) is 0 Å². The van der Waals surface area contributed by atoms with Crippen LogP contribution in [0.3, 0.4) is 0 Å². The number of hydrogen-bond acceptors (Lipinski definition) is 5. The quantitative estimate of drug-likeness (QED) is 0.456. The average molecular weight is 344 g/mol. The fourth-order valence-electron chi connectivity index (χ4n) is 3.20. The van der Waals surface area contributed by atoms with Gasteiger partial charge in [0.25, 0.3) is 5.91 Å². The van der Waals surface area contributed by atoms with E-state index in [1.54, 1.807) is 18.2 Å². The van der Waals surface area contributed by atoms with Gasteiger partial charge in [-0.3, -0.25) is 19.7 Å². The number of unbranched alkanes of at least 4 members (excludes halogenated alkanes) is 2. The first kappa shape index (κ1) is 17.1. The molecule has 25 heavy (non-hydrogen) atoms. The van der Waals surface area contributed by atoms with Crippen LogP contribution >= 0.6 is 0 Å². The summed E-state index contributed by atoms with van der Waals surface area (Å²) >= 11 is 0. The number of carbonyl (C=O) groups is 4. The molecule has 0 bridgehead atoms. The van der Waals surface area contributed by atoms with E-state index in [-0.39, 0.29) is 18.2 Å². The van der Waals surface area contributed by atoms with Crippen molar-refractivity contribution in [1.29, 1.82) is 0 Å². The van der Waals surface area contributed by atoms with Gasteiger partial charge >= 0.3 is 0 Å². The third kappa shape index (κ3) is 3.55. The average Bonchev–Trinajstić information content (AvgIpc) is 2.92. The van der Waals surface area contributed by atoms with Crippen LogP contribution in [0.4, 0.5) is 0 Å². The van der Waals surface area contributed by atoms with E-state index in [9.17, 15) is 19.2 Å². The first-order chi connectivity index (χ1) is 12.1. The molecule has 0 aromatic heterocycles. The minimum atomic E-state index is -0.627. The molecule has 0 spiro atoms. The maximum absolute atomic E-state index is 12.7. The molecule has 0 saturated carbocycles. The van der Waals surface area contributed by atoms with Crippen LogP contribution in [0.2, 0.25) is 0 Å². The molecule has 3 amide bonds. The van der Waals surface area contributed by atoms with Gasteiger partial charge in [0, 0.05) is 24.0 Å². The highest BCUT2D eigenvalue weighted by atomic mass is 16.5. The molecule has 2 aliphatic heterocycles. The van der Waals surface area contributed by atoms with Gasteiger partial charge in [-0.05, 0) is 31.4 Å². The van der Waals surface area contributed by atoms with E-state index in [0.29, 0.717) is 37.3 Å². The van der Waals surface area contributed by atoms with E-state index in [4.69, 9.17) is 4.74 Å². The number of nitrogens with zero attached hydrogens (tertiary/aromatic N) is 1. The van der Waals surface area contributed by atoms with Crippen LogP contribution in [0.5, 0.6) is 5.75 Å². The SMILES string of the molecule is O=CCCCCOc1cccc2c1CN(C1CCC(=O)NC1=O)C2=O. The zero-order valence-electron chi connectivity index (χ0n) is 13.8. The lowest BCUT2D eigenvalue weighted by Gasteiger charge is -2.29. The predicted octanol–water partition coefficient (Wildman–Crippen LogP) is 1.20. The Morgan fingerprint density at radius 1 is 1.24 bits per heavy atom. The molecule has 0 aliphatic carbocycles. The molecule has 7 nitrogen and oxygen atoms in total. The van der Waals surface area contributed by atoms with Crippen LogP contribution in [-0.4, -0.2) is 41.6 Å². The maximum atomic E-state index is 12.7. The molecule has 7 heteroatoms. The van der Waals surface area contributed by atoms with E-state index in [2.05, 4.69) is 5.32 Å². The molecular formula is C18H20N2O5. The van der Waals surface area contributed by atoms with Crippen molar-refractivity contribution < 1.29 is 23.9 Å². The number of carbonyl (C=O) groups excluding carboxylic acids is 4. The molecule has 3 rings (SSSR count). The largest absolute Gasteiger partial charge is 0.493 e. The number of ether oxygens (including phenoxy) is 1. The number of fused-ring (bicyclic) bond motifs is 1. The Labute approximate surface area is 145 Å². The second-order valence-corrected chi connectivity index (χ2v) is 6.19. The summed E-state index contributed by atoms with van der Waals surface area (Å²) in [6.07, 6.45) is 3.49. The summed E-state index contributed by atoms with van der Waals surface area (Å²) < 4.78 is 5.77. The summed E-state index contributed by atoms with van der Waals surface area (Å²) in [4.78, 5) is 47.8. The summed E-state index contributed by atoms with van der Waals surface area (Å²) in [5.74, 6) is -0.304. The van der Waals surface area contributed by atoms with Crippen LogP contribution in [0, 0.1) is 0 Å². The summed E-state index contributed by atoms with van der Waals surface area (Å²) in [5.41, 5.74) is 1.31. The lowest BCUT2D eigenvalue weighted by molar-refractivity contribution is -0.136. The van der Waals surface area contributed by atoms with Crippen LogP contribution < -0.4 is 10.1 Å². The third-order valence-electron chi connectivity index (χ3n) is 4.51. The second kappa shape index (κ2) is 7.46. The van der Waals surface area contributed by atoms with E-state index in [1.165, 1.54) is 4.90 Å². The monoisotopic (exact) mass is 344 g/mol. The van der Waals surface area contributed by atoms with Gasteiger partial charge < -0.3 is 14.4 Å². The third-order valence-corrected chi connectivity index (χ3v) is 4.51. The molecule has 1 aromatic carbocycles. The van der Waals surface area contributed by atoms with Gasteiger partial charge in [-0.2, -0.15) is 0 Å². The Balaban J connectivity index is 1.70. The smallest absolute Gasteiger partial charge is 0.255 e. The molecule has 1 unspecified atom stereocenters. The molecule has 1 atom stereocenters. The fraction of sp³-hybridized carbons (Fsp3) is 0.444. The van der Waals surface area contributed by atoms with Crippen LogP contribution in [0.1, 0.15) is 48.0 Å². The van der Waals surface area contributed by atoms with Crippen LogP contribution in [-0.2, 0) is 20.9 Å². The minimum Gasteiger partial charge on any atom is -0.493 e. The van der Waals surface area contributed by atoms with Crippen LogP contribution in [0.15, 0.2) is 18.2 Å². The van der Waals surface area contributed by atoms with Gasteiger partial charge in [-0.25, -0.2) is 0 Å². The molecule has 1 saturated heterocycles. The van der Waals surface area contributed by atoms with Gasteiger partial charge in [-0.1, -0.05) is 6.07 Å². The maximum Gasteiger partial charge on any atom is 0.255 e. The molecular weight excluding hydrogens is 324 g/mol. The fourth-order valence-corrected chi connectivity index (χ4v) is 3.20. The first-order valence-electron chi connectivity index (χ1n) is 8.45. The summed E-state index contributed by atoms with van der Waals surface area (Å²) in [5, 5.41) is 2.29. The Hall–Kier alpha value is -2.70. The molecule has 1 N–H and O–H groups in total. The highest BCUT2D eigenvalue weighted by Crippen LogP contribution is 2.33. The van der Waals surface area contributed by atoms with Gasteiger partial charge in [0.15, 0.2) is 0 Å². The van der Waals surface area contributed by atoms with Crippen molar-refractivity contribution >= 4 is 24.0 Å². The summed E-state index contributed by atoms with van der Waals surface area (Å²) in [6, 6.07) is 4.66. The zero-order chi connectivity index (χ0) is 17.8. The number of imide groups is 1. The molecule has 2 heterocycles. The molecule has 132 valence electrons. The van der Waals surface area contributed by atoms with Gasteiger partial charge in [0.05, 0.1) is 13.2 Å². The van der Waals surface area contributed by atoms with E-state index >= 15 is 0 Å². The predicted molar refractivity (Wildman–Crippen MR) is 87.9 cm³/mol. The van der Waals surface area contributed by atoms with Gasteiger partial charge in [0.2, 0.25) is 11.8 Å². The highest BCUT2D eigenvalue weighted by Gasteiger charge is 2.40. The number of amides is 3. The van der Waals surface area contributed by atoms with Gasteiger partial charge in [0.1, 0.15) is 18.1 Å². The number of hydrogen-bond donors (Lipinski definition) is 1. The highest BCUT2D eigenvalue weighted by molar-refractivity contribution is 6.05. The Morgan fingerprint density at radius 2 is 2.08 bits per heavy atom. The number of aldehydes is 1. The van der Waals surface area contributed by atoms with Crippen molar-refractivity contribution in [2.24, 2.45) is 0 Å². The van der Waals surface area contributed by atoms with Crippen molar-refractivity contribution in [3.05, 3.63) is 29.3 Å². The van der Waals surface area contributed by atoms with Crippen molar-refractivity contribution in [1.82, 2.24) is 10.2 Å². The van der Waals surface area contributed by atoms with Gasteiger partial charge in [-0.15, -0.1) is 0 Å². The Kier molecular flexibility index (Phi) is 5.11. The second-order valence-electron chi connectivity index (χ2n) is 6.19. The van der Waals surface area contributed by atoms with Crippen molar-refractivity contribution in [2.75, 3.05) is 6.61 Å². The normalized spacial score (nSPS) is 19.6. The van der Waals surface area contributed by atoms with E-state index in [0.717, 1.165) is 24.7 Å². The Morgan fingerprint density at radius 3 is 2.84 bits per heavy atom. The minimum absolute atomic E-state index is 0.212. The molecule has 0 radical (unpaired) electrons. The van der Waals surface area contributed by atoms with Crippen LogP contribution in [0.25, 0.3) is 0 Å². The lowest BCUT2D eigenvalue weighted by Crippen LogP contribution is -2.52. The number of nitrogens with one attached hydrogen (secondary N) is 1. The number of benzene rings is 1. The van der Waals surface area contributed by atoms with Crippen molar-refractivity contribution in [3.8, 4) is 5.75 Å². The first-order valence-corrected chi connectivity index (χ1v) is 8.45. The number of rotatable bonds is 7. The molecule has 1 aromatic rings. The molecule has 2 aliphatic rings.